The highest BCUT2D eigenvalue weighted by atomic mass is 19.3. The van der Waals surface area contributed by atoms with Crippen molar-refractivity contribution in [1.29, 1.82) is 0 Å². The largest absolute Gasteiger partial charge is 0.378 e. The zero-order chi connectivity index (χ0) is 43.4. The van der Waals surface area contributed by atoms with Crippen molar-refractivity contribution < 1.29 is 27.9 Å². The Kier molecular flexibility index (Phi) is 11.2. The number of rotatable bonds is 10. The number of carbonyl (C=O) groups is 3. The number of nitrogens with one attached hydrogen (secondary N) is 2. The molecule has 17 heteroatoms. The molecule has 63 heavy (non-hydrogen) atoms. The quantitative estimate of drug-likeness (QED) is 0.128. The normalized spacial score (nSPS) is 25.5. The average Bonchev–Trinajstić information content (AvgIpc) is 4.13. The Balaban J connectivity index is 0.700. The fourth-order valence-corrected chi connectivity index (χ4v) is 10.9. The van der Waals surface area contributed by atoms with Gasteiger partial charge >= 0.3 is 5.69 Å². The number of alkyl halides is 2. The molecular formula is C46H52F2N10O5. The van der Waals surface area contributed by atoms with E-state index in [4.69, 9.17) is 9.72 Å². The van der Waals surface area contributed by atoms with Crippen molar-refractivity contribution in [1.82, 2.24) is 43.7 Å². The van der Waals surface area contributed by atoms with Crippen molar-refractivity contribution in [3.05, 3.63) is 75.9 Å². The molecule has 2 N–H and O–H groups in total. The zero-order valence-electron chi connectivity index (χ0n) is 35.3. The van der Waals surface area contributed by atoms with Gasteiger partial charge in [-0.25, -0.2) is 23.1 Å². The minimum atomic E-state index is -2.85. The number of hydrogen-bond donors (Lipinski definition) is 2. The molecule has 5 aliphatic rings. The molecule has 2 aliphatic carbocycles. The van der Waals surface area contributed by atoms with E-state index >= 15 is 0 Å². The van der Waals surface area contributed by atoms with Crippen molar-refractivity contribution in [3.63, 3.8) is 0 Å². The van der Waals surface area contributed by atoms with Crippen molar-refractivity contribution in [3.8, 4) is 11.8 Å². The summed E-state index contributed by atoms with van der Waals surface area (Å²) in [5, 5.41) is 13.7. The van der Waals surface area contributed by atoms with Gasteiger partial charge in [0.2, 0.25) is 11.8 Å². The number of piperidine rings is 2. The van der Waals surface area contributed by atoms with Gasteiger partial charge in [0.25, 0.3) is 12.3 Å². The molecule has 3 amide bonds. The Labute approximate surface area is 362 Å². The van der Waals surface area contributed by atoms with Gasteiger partial charge in [0.1, 0.15) is 11.6 Å². The second-order valence-corrected chi connectivity index (χ2v) is 18.2. The summed E-state index contributed by atoms with van der Waals surface area (Å²) in [5.74, 6) is 7.10. The van der Waals surface area contributed by atoms with Gasteiger partial charge in [0, 0.05) is 50.4 Å². The van der Waals surface area contributed by atoms with E-state index in [-0.39, 0.29) is 53.8 Å². The van der Waals surface area contributed by atoms with Crippen molar-refractivity contribution >= 4 is 40.1 Å². The van der Waals surface area contributed by atoms with Crippen LogP contribution >= 0.6 is 0 Å². The standard InChI is InChI=1S/C46H52F2N10O5/c1-54-41-29(7-4-8-37(41)58(46(54)62)38-13-14-39(59)52-45(38)61)6-3-2-5-27-15-18-55(19-16-27)24-28-9-11-31(12-10-28)57-25-36(40(53-57)42(47)48)51-44(60)34-23-49-56-20-17-35(50-43(34)56)33-22-32-21-30(33)26-63-32/h4,7-8,17,20,23,25,27-28,30-33,38,42H,2,5,9-16,18-19,21-22,24,26H2,1H3,(H,51,60)(H,52,59,61)/t28?,30-,31?,32-,33?,38?/m1/s1. The maximum atomic E-state index is 14.3. The number of amides is 3. The summed E-state index contributed by atoms with van der Waals surface area (Å²) in [4.78, 5) is 58.5. The van der Waals surface area contributed by atoms with E-state index in [9.17, 15) is 28.0 Å². The van der Waals surface area contributed by atoms with Gasteiger partial charge in [-0.1, -0.05) is 17.9 Å². The molecule has 4 atom stereocenters. The number of anilines is 1. The van der Waals surface area contributed by atoms with Crippen LogP contribution in [-0.2, 0) is 21.4 Å². The number of hydrogen-bond acceptors (Lipinski definition) is 9. The summed E-state index contributed by atoms with van der Waals surface area (Å²) in [5.41, 5.74) is 2.86. The number of likely N-dealkylation sites (tertiary alicyclic amines) is 1. The average molecular weight is 863 g/mol. The minimum Gasteiger partial charge on any atom is -0.378 e. The van der Waals surface area contributed by atoms with Crippen LogP contribution < -0.4 is 16.3 Å². The van der Waals surface area contributed by atoms with Crippen LogP contribution in [0.3, 0.4) is 0 Å². The summed E-state index contributed by atoms with van der Waals surface area (Å²) in [6.07, 6.45) is 12.2. The highest BCUT2D eigenvalue weighted by molar-refractivity contribution is 6.08. The summed E-state index contributed by atoms with van der Waals surface area (Å²) in [7, 11) is 1.69. The Morgan fingerprint density at radius 2 is 1.86 bits per heavy atom. The third-order valence-corrected chi connectivity index (χ3v) is 14.4. The lowest BCUT2D eigenvalue weighted by molar-refractivity contribution is -0.135. The molecule has 5 fully saturated rings. The summed E-state index contributed by atoms with van der Waals surface area (Å²) in [6, 6.07) is 6.75. The van der Waals surface area contributed by atoms with Crippen LogP contribution in [0.25, 0.3) is 16.7 Å². The molecule has 7 heterocycles. The minimum absolute atomic E-state index is 0.0118. The maximum absolute atomic E-state index is 14.3. The predicted molar refractivity (Wildman–Crippen MR) is 228 cm³/mol. The van der Waals surface area contributed by atoms with Crippen molar-refractivity contribution in [2.45, 2.75) is 108 Å². The molecule has 2 saturated carbocycles. The second kappa shape index (κ2) is 17.1. The topological polar surface area (TPSA) is 163 Å². The Bertz CT molecular complexity index is 2690. The Morgan fingerprint density at radius 3 is 2.60 bits per heavy atom. The molecule has 3 aliphatic heterocycles. The number of aromatic nitrogens is 7. The number of halogens is 2. The summed E-state index contributed by atoms with van der Waals surface area (Å²) in [6.45, 7) is 3.81. The number of para-hydroxylation sites is 1. The van der Waals surface area contributed by atoms with Crippen LogP contribution in [0.4, 0.5) is 14.5 Å². The second-order valence-electron chi connectivity index (χ2n) is 18.2. The smallest absolute Gasteiger partial charge is 0.329 e. The zero-order valence-corrected chi connectivity index (χ0v) is 35.3. The van der Waals surface area contributed by atoms with Gasteiger partial charge in [-0.2, -0.15) is 10.2 Å². The molecule has 15 nitrogen and oxygen atoms in total. The molecule has 4 aromatic heterocycles. The van der Waals surface area contributed by atoms with E-state index in [0.29, 0.717) is 34.4 Å². The van der Waals surface area contributed by atoms with Crippen LogP contribution in [-0.4, -0.2) is 88.5 Å². The Morgan fingerprint density at radius 1 is 1.03 bits per heavy atom. The number of aryl methyl sites for hydroxylation is 1. The molecule has 330 valence electrons. The van der Waals surface area contributed by atoms with Gasteiger partial charge in [0.05, 0.1) is 47.2 Å². The van der Waals surface area contributed by atoms with Crippen molar-refractivity contribution in [2.24, 2.45) is 24.8 Å². The first-order chi connectivity index (χ1) is 30.6. The first kappa shape index (κ1) is 41.3. The number of nitrogens with zero attached hydrogens (tertiary/aromatic N) is 8. The molecular weight excluding hydrogens is 811 g/mol. The highest BCUT2D eigenvalue weighted by Crippen LogP contribution is 2.45. The van der Waals surface area contributed by atoms with E-state index in [1.165, 1.54) is 15.3 Å². The molecule has 0 spiro atoms. The number of imide groups is 1. The molecule has 3 saturated heterocycles. The number of fused-ring (bicyclic) bond motifs is 4. The number of carbonyl (C=O) groups excluding carboxylic acids is 3. The molecule has 1 aromatic carbocycles. The third kappa shape index (κ3) is 8.07. The Hall–Kier alpha value is -5.73. The van der Waals surface area contributed by atoms with Gasteiger partial charge in [0.15, 0.2) is 11.3 Å². The number of imidazole rings is 1. The molecule has 0 radical (unpaired) electrons. The van der Waals surface area contributed by atoms with Gasteiger partial charge < -0.3 is 15.0 Å². The molecule has 5 aromatic rings. The van der Waals surface area contributed by atoms with Crippen LogP contribution in [0.1, 0.15) is 129 Å². The van der Waals surface area contributed by atoms with Crippen LogP contribution in [0.2, 0.25) is 0 Å². The fourth-order valence-electron chi connectivity index (χ4n) is 10.9. The van der Waals surface area contributed by atoms with Crippen molar-refractivity contribution in [2.75, 3.05) is 31.6 Å². The summed E-state index contributed by atoms with van der Waals surface area (Å²) < 4.78 is 40.6. The van der Waals surface area contributed by atoms with E-state index in [0.717, 1.165) is 102 Å². The van der Waals surface area contributed by atoms with Crippen LogP contribution in [0, 0.1) is 29.6 Å². The lowest BCUT2D eigenvalue weighted by Gasteiger charge is -2.36. The van der Waals surface area contributed by atoms with Gasteiger partial charge in [-0.3, -0.25) is 33.5 Å². The number of ether oxygens (including phenoxy) is 1. The monoisotopic (exact) mass is 862 g/mol. The van der Waals surface area contributed by atoms with E-state index in [1.54, 1.807) is 28.6 Å². The molecule has 2 bridgehead atoms. The van der Waals surface area contributed by atoms with E-state index in [1.807, 2.05) is 24.3 Å². The highest BCUT2D eigenvalue weighted by Gasteiger charge is 2.42. The van der Waals surface area contributed by atoms with Gasteiger partial charge in [-0.15, -0.1) is 0 Å². The first-order valence-corrected chi connectivity index (χ1v) is 22.5. The van der Waals surface area contributed by atoms with Crippen LogP contribution in [0.15, 0.2) is 47.7 Å². The first-order valence-electron chi connectivity index (χ1n) is 22.5. The van der Waals surface area contributed by atoms with Gasteiger partial charge in [-0.05, 0) is 113 Å². The lowest BCUT2D eigenvalue weighted by Crippen LogP contribution is -2.44. The molecule has 10 rings (SSSR count). The lowest BCUT2D eigenvalue weighted by atomic mass is 9.85. The fraction of sp³-hybridized carbons (Fsp3) is 0.543. The SMILES string of the molecule is Cn1c(=O)n(C2CCC(=O)NC2=O)c2cccc(C#CCCC3CCN(CC4CCC(n5cc(NC(=O)c6cnn7ccc(C8C[C@H]9C[C@@H]8CO9)nc67)c(C(F)F)n5)CC4)CC3)c21. The summed E-state index contributed by atoms with van der Waals surface area (Å²) >= 11 is 0. The maximum Gasteiger partial charge on any atom is 0.329 e. The number of benzene rings is 1. The third-order valence-electron chi connectivity index (χ3n) is 14.4. The van der Waals surface area contributed by atoms with E-state index < -0.39 is 30.0 Å². The van der Waals surface area contributed by atoms with E-state index in [2.05, 4.69) is 37.6 Å². The molecule has 2 unspecified atom stereocenters. The predicted octanol–water partition coefficient (Wildman–Crippen LogP) is 5.91. The van der Waals surface area contributed by atoms with Crippen LogP contribution in [0.5, 0.6) is 0 Å².